The molecule has 1 rings (SSSR count). The third-order valence-corrected chi connectivity index (χ3v) is 5.65. The zero-order valence-corrected chi connectivity index (χ0v) is 9.60. The summed E-state index contributed by atoms with van der Waals surface area (Å²) in [6, 6.07) is 0. The van der Waals surface area contributed by atoms with Crippen LogP contribution in [-0.4, -0.2) is 43.1 Å². The topological polar surface area (TPSA) is 9.23 Å². The third-order valence-electron chi connectivity index (χ3n) is 1.32. The van der Waals surface area contributed by atoms with Crippen LogP contribution in [0.2, 0.25) is 21.3 Å². The van der Waals surface area contributed by atoms with Gasteiger partial charge in [0.05, 0.1) is 0 Å². The number of hydrogen-bond donors (Lipinski definition) is 0. The molecule has 0 N–H and O–H groups in total. The molecule has 0 unspecified atom stereocenters. The van der Waals surface area contributed by atoms with Crippen LogP contribution in [0.1, 0.15) is 6.42 Å². The molecule has 1 nitrogen and oxygen atoms in total. The van der Waals surface area contributed by atoms with Crippen molar-refractivity contribution in [3.8, 4) is 0 Å². The van der Waals surface area contributed by atoms with Gasteiger partial charge in [-0.3, -0.25) is 0 Å². The Morgan fingerprint density at radius 3 is 2.00 bits per heavy atom. The molecule has 10 heavy (non-hydrogen) atoms. The molecule has 60 valence electrons. The molecule has 0 bridgehead atoms. The Morgan fingerprint density at radius 1 is 0.800 bits per heavy atom. The van der Waals surface area contributed by atoms with Crippen LogP contribution in [0.3, 0.4) is 0 Å². The van der Waals surface area contributed by atoms with Crippen molar-refractivity contribution in [3.63, 3.8) is 0 Å². The predicted molar refractivity (Wildman–Crippen MR) is 46.2 cm³/mol. The first-order valence-corrected chi connectivity index (χ1v) is 8.58. The average Bonchev–Trinajstić information content (AvgIpc) is 2.01. The van der Waals surface area contributed by atoms with Gasteiger partial charge in [0.1, 0.15) is 0 Å². The molecule has 1 fully saturated rings. The van der Waals surface area contributed by atoms with Crippen LogP contribution < -0.4 is 0 Å². The Kier molecular flexibility index (Phi) is 6.08. The first-order chi connectivity index (χ1) is 5.00. The SMILES string of the molecule is C1C[Se]CCOCC[Se]C1. The van der Waals surface area contributed by atoms with Crippen molar-refractivity contribution in [1.29, 1.82) is 0 Å². The molecule has 0 aliphatic carbocycles. The van der Waals surface area contributed by atoms with Crippen LogP contribution in [0.5, 0.6) is 0 Å². The molecule has 1 saturated heterocycles. The summed E-state index contributed by atoms with van der Waals surface area (Å²) in [4.78, 5) is 0. The van der Waals surface area contributed by atoms with Gasteiger partial charge >= 0.3 is 75.6 Å². The fourth-order valence-corrected chi connectivity index (χ4v) is 5.04. The second kappa shape index (κ2) is 6.69. The maximum atomic E-state index is 5.44. The minimum absolute atomic E-state index is 0.896. The molecule has 0 amide bonds. The van der Waals surface area contributed by atoms with E-state index in [9.17, 15) is 0 Å². The molecule has 0 saturated carbocycles. The van der Waals surface area contributed by atoms with Crippen LogP contribution in [0, 0.1) is 0 Å². The summed E-state index contributed by atoms with van der Waals surface area (Å²) in [7, 11) is 0. The van der Waals surface area contributed by atoms with Gasteiger partial charge in [-0.25, -0.2) is 0 Å². The molecule has 1 aliphatic rings. The minimum atomic E-state index is 0.896. The van der Waals surface area contributed by atoms with Crippen molar-refractivity contribution in [2.75, 3.05) is 13.2 Å². The van der Waals surface area contributed by atoms with Crippen LogP contribution in [0.25, 0.3) is 0 Å². The molecular weight excluding hydrogens is 258 g/mol. The summed E-state index contributed by atoms with van der Waals surface area (Å²) in [6.45, 7) is 2.08. The molecule has 0 atom stereocenters. The zero-order chi connectivity index (χ0) is 7.07. The van der Waals surface area contributed by atoms with Crippen LogP contribution in [0.4, 0.5) is 0 Å². The van der Waals surface area contributed by atoms with Gasteiger partial charge < -0.3 is 0 Å². The van der Waals surface area contributed by atoms with Gasteiger partial charge in [-0.05, 0) is 0 Å². The molecular formula is C7H14OSe2. The van der Waals surface area contributed by atoms with Crippen molar-refractivity contribution >= 4 is 29.9 Å². The number of ether oxygens (including phenoxy) is 1. The van der Waals surface area contributed by atoms with Gasteiger partial charge in [-0.2, -0.15) is 0 Å². The van der Waals surface area contributed by atoms with E-state index >= 15 is 0 Å². The van der Waals surface area contributed by atoms with E-state index in [1.807, 2.05) is 0 Å². The van der Waals surface area contributed by atoms with Crippen molar-refractivity contribution in [2.24, 2.45) is 0 Å². The third kappa shape index (κ3) is 4.76. The Hall–Kier alpha value is 0.999. The maximum absolute atomic E-state index is 5.44. The van der Waals surface area contributed by atoms with E-state index in [2.05, 4.69) is 0 Å². The van der Waals surface area contributed by atoms with Crippen molar-refractivity contribution in [1.82, 2.24) is 0 Å². The first kappa shape index (κ1) is 9.09. The molecule has 0 spiro atoms. The second-order valence-corrected chi connectivity index (χ2v) is 7.33. The van der Waals surface area contributed by atoms with E-state index in [1.54, 1.807) is 0 Å². The van der Waals surface area contributed by atoms with E-state index in [1.165, 1.54) is 27.7 Å². The number of rotatable bonds is 0. The Labute approximate surface area is 75.6 Å². The van der Waals surface area contributed by atoms with Gasteiger partial charge in [0.15, 0.2) is 0 Å². The standard InChI is InChI=1S/C7H14OSe2/c1-4-9-6-2-8-3-7-10-5-1/h1-7H2. The predicted octanol–water partition coefficient (Wildman–Crippen LogP) is 1.49. The molecule has 0 aromatic rings. The molecule has 0 radical (unpaired) electrons. The first-order valence-electron chi connectivity index (χ1n) is 3.73. The summed E-state index contributed by atoms with van der Waals surface area (Å²) in [5, 5.41) is 5.69. The van der Waals surface area contributed by atoms with Crippen molar-refractivity contribution in [3.05, 3.63) is 0 Å². The number of hydrogen-bond acceptors (Lipinski definition) is 1. The van der Waals surface area contributed by atoms with E-state index in [4.69, 9.17) is 4.74 Å². The molecule has 1 aliphatic heterocycles. The van der Waals surface area contributed by atoms with Gasteiger partial charge in [0, 0.05) is 0 Å². The van der Waals surface area contributed by atoms with E-state index in [0.29, 0.717) is 0 Å². The zero-order valence-electron chi connectivity index (χ0n) is 6.17. The van der Waals surface area contributed by atoms with E-state index < -0.39 is 0 Å². The van der Waals surface area contributed by atoms with Crippen molar-refractivity contribution in [2.45, 2.75) is 27.7 Å². The van der Waals surface area contributed by atoms with Gasteiger partial charge in [-0.15, -0.1) is 0 Å². The monoisotopic (exact) mass is 274 g/mol. The molecule has 0 aromatic heterocycles. The second-order valence-electron chi connectivity index (χ2n) is 2.19. The Bertz CT molecular complexity index is 44.8. The van der Waals surface area contributed by atoms with Crippen molar-refractivity contribution < 1.29 is 4.74 Å². The van der Waals surface area contributed by atoms with E-state index in [0.717, 1.165) is 43.1 Å². The molecule has 0 aromatic carbocycles. The van der Waals surface area contributed by atoms with Crippen LogP contribution in [-0.2, 0) is 4.74 Å². The summed E-state index contributed by atoms with van der Waals surface area (Å²) in [5.41, 5.74) is 0. The van der Waals surface area contributed by atoms with Gasteiger partial charge in [-0.1, -0.05) is 0 Å². The quantitative estimate of drug-likeness (QED) is 0.607. The fourth-order valence-electron chi connectivity index (χ4n) is 0.805. The van der Waals surface area contributed by atoms with Crippen LogP contribution >= 0.6 is 0 Å². The molecule has 3 heteroatoms. The average molecular weight is 272 g/mol. The summed E-state index contributed by atoms with van der Waals surface area (Å²) in [6.07, 6.45) is 1.50. The van der Waals surface area contributed by atoms with Gasteiger partial charge in [0.25, 0.3) is 0 Å². The summed E-state index contributed by atoms with van der Waals surface area (Å²) >= 11 is 1.79. The summed E-state index contributed by atoms with van der Waals surface area (Å²) < 4.78 is 5.44. The fraction of sp³-hybridized carbons (Fsp3) is 1.00. The van der Waals surface area contributed by atoms with Crippen LogP contribution in [0.15, 0.2) is 0 Å². The normalized spacial score (nSPS) is 24.0. The Balaban J connectivity index is 2.00. The molecule has 1 heterocycles. The van der Waals surface area contributed by atoms with E-state index in [-0.39, 0.29) is 0 Å². The van der Waals surface area contributed by atoms with Gasteiger partial charge in [0.2, 0.25) is 0 Å². The summed E-state index contributed by atoms with van der Waals surface area (Å²) in [5.74, 6) is 0. The Morgan fingerprint density at radius 2 is 1.40 bits per heavy atom.